The minimum absolute atomic E-state index is 0.0161. The van der Waals surface area contributed by atoms with Gasteiger partial charge >= 0.3 is 0 Å². The summed E-state index contributed by atoms with van der Waals surface area (Å²) in [6, 6.07) is 4.36. The molecule has 3 heterocycles. The van der Waals surface area contributed by atoms with E-state index in [1.165, 1.54) is 29.8 Å². The van der Waals surface area contributed by atoms with E-state index in [9.17, 15) is 9.18 Å². The van der Waals surface area contributed by atoms with E-state index in [4.69, 9.17) is 14.2 Å². The Bertz CT molecular complexity index is 1240. The maximum Gasteiger partial charge on any atom is 0.261 e. The predicted octanol–water partition coefficient (Wildman–Crippen LogP) is 3.85. The lowest BCUT2D eigenvalue weighted by atomic mass is 10.2. The van der Waals surface area contributed by atoms with Gasteiger partial charge in [0, 0.05) is 25.5 Å². The number of hydrogen-bond donors (Lipinski definition) is 2. The van der Waals surface area contributed by atoms with Crippen molar-refractivity contribution in [2.75, 3.05) is 39.3 Å². The van der Waals surface area contributed by atoms with Crippen molar-refractivity contribution >= 4 is 39.0 Å². The molecule has 1 saturated carbocycles. The molecule has 1 unspecified atom stereocenters. The summed E-state index contributed by atoms with van der Waals surface area (Å²) >= 11 is 1.33. The summed E-state index contributed by atoms with van der Waals surface area (Å²) in [6.45, 7) is 3.70. The van der Waals surface area contributed by atoms with Gasteiger partial charge in [0.1, 0.15) is 41.4 Å². The highest BCUT2D eigenvalue weighted by Crippen LogP contribution is 2.38. The molecule has 1 saturated heterocycles. The molecule has 36 heavy (non-hydrogen) atoms. The second-order valence-corrected chi connectivity index (χ2v) is 10.4. The van der Waals surface area contributed by atoms with Crippen LogP contribution in [0.5, 0.6) is 5.75 Å². The minimum Gasteiger partial charge on any atom is -0.488 e. The first kappa shape index (κ1) is 24.8. The highest BCUT2D eigenvalue weighted by molar-refractivity contribution is 7.20. The molecular weight excluding hydrogens is 485 g/mol. The van der Waals surface area contributed by atoms with Crippen molar-refractivity contribution in [1.29, 1.82) is 0 Å². The number of ether oxygens (including phenoxy) is 3. The molecule has 9 nitrogen and oxygen atoms in total. The molecule has 2 aromatic heterocycles. The number of benzene rings is 1. The molecule has 2 fully saturated rings. The van der Waals surface area contributed by atoms with Crippen LogP contribution in [0.25, 0.3) is 10.2 Å². The SMILES string of the molecule is Cc1c(C(=O)NCCCN(C)C)sc2ncnc(Nc3ccc(F)cc3OC3C[C@@H]4OCO[C@@H]4C3)c12. The van der Waals surface area contributed by atoms with Gasteiger partial charge in [0.2, 0.25) is 0 Å². The molecule has 1 aliphatic heterocycles. The van der Waals surface area contributed by atoms with Crippen molar-refractivity contribution in [2.45, 2.75) is 44.5 Å². The second-order valence-electron chi connectivity index (χ2n) is 9.38. The Morgan fingerprint density at radius 2 is 2.03 bits per heavy atom. The quantitative estimate of drug-likeness (QED) is 0.415. The molecule has 2 aliphatic rings. The van der Waals surface area contributed by atoms with Gasteiger partial charge in [-0.15, -0.1) is 11.3 Å². The van der Waals surface area contributed by atoms with Crippen LogP contribution in [0.2, 0.25) is 0 Å². The van der Waals surface area contributed by atoms with Crippen LogP contribution in [0, 0.1) is 12.7 Å². The maximum atomic E-state index is 14.1. The van der Waals surface area contributed by atoms with Gasteiger partial charge in [-0.1, -0.05) is 0 Å². The topological polar surface area (TPSA) is 97.8 Å². The van der Waals surface area contributed by atoms with Crippen LogP contribution in [0.3, 0.4) is 0 Å². The number of rotatable bonds is 9. The van der Waals surface area contributed by atoms with Crippen LogP contribution in [-0.2, 0) is 9.47 Å². The van der Waals surface area contributed by atoms with E-state index >= 15 is 0 Å². The number of halogens is 1. The molecule has 0 bridgehead atoms. The molecule has 192 valence electrons. The number of carbonyl (C=O) groups is 1. The van der Waals surface area contributed by atoms with Gasteiger partial charge in [-0.3, -0.25) is 4.79 Å². The number of aromatic nitrogens is 2. The Balaban J connectivity index is 1.36. The zero-order valence-electron chi connectivity index (χ0n) is 20.5. The summed E-state index contributed by atoms with van der Waals surface area (Å²) in [6.07, 6.45) is 3.59. The van der Waals surface area contributed by atoms with Gasteiger partial charge in [0.15, 0.2) is 0 Å². The van der Waals surface area contributed by atoms with Crippen LogP contribution < -0.4 is 15.4 Å². The third-order valence-corrected chi connectivity index (χ3v) is 7.66. The average molecular weight is 516 g/mol. The maximum absolute atomic E-state index is 14.1. The number of aryl methyl sites for hydroxylation is 1. The van der Waals surface area contributed by atoms with Gasteiger partial charge in [-0.05, 0) is 51.7 Å². The number of anilines is 2. The van der Waals surface area contributed by atoms with Gasteiger partial charge in [0.05, 0.1) is 28.2 Å². The van der Waals surface area contributed by atoms with Crippen molar-refractivity contribution in [1.82, 2.24) is 20.2 Å². The third-order valence-electron chi connectivity index (χ3n) is 6.46. The van der Waals surface area contributed by atoms with Crippen LogP contribution in [-0.4, -0.2) is 73.1 Å². The monoisotopic (exact) mass is 515 g/mol. The summed E-state index contributed by atoms with van der Waals surface area (Å²) in [7, 11) is 4.01. The number of nitrogens with zero attached hydrogens (tertiary/aromatic N) is 3. The molecule has 11 heteroatoms. The highest BCUT2D eigenvalue weighted by Gasteiger charge is 2.41. The largest absolute Gasteiger partial charge is 0.488 e. The van der Waals surface area contributed by atoms with E-state index in [0.717, 1.165) is 23.9 Å². The van der Waals surface area contributed by atoms with Gasteiger partial charge in [0.25, 0.3) is 5.91 Å². The molecule has 1 aromatic carbocycles. The molecule has 3 atom stereocenters. The fraction of sp³-hybridized carbons (Fsp3) is 0.480. The Labute approximate surface area is 213 Å². The number of thiophene rings is 1. The van der Waals surface area contributed by atoms with E-state index in [2.05, 4.69) is 25.5 Å². The number of hydrogen-bond acceptors (Lipinski definition) is 9. The molecule has 0 spiro atoms. The molecule has 0 radical (unpaired) electrons. The van der Waals surface area contributed by atoms with Crippen molar-refractivity contribution in [3.63, 3.8) is 0 Å². The predicted molar refractivity (Wildman–Crippen MR) is 136 cm³/mol. The van der Waals surface area contributed by atoms with Gasteiger partial charge in [-0.2, -0.15) is 0 Å². The molecule has 3 aromatic rings. The van der Waals surface area contributed by atoms with Crippen LogP contribution in [0.4, 0.5) is 15.9 Å². The number of amides is 1. The lowest BCUT2D eigenvalue weighted by Crippen LogP contribution is -2.26. The molecule has 2 N–H and O–H groups in total. The summed E-state index contributed by atoms with van der Waals surface area (Å²) in [5.74, 6) is 0.404. The van der Waals surface area contributed by atoms with Crippen molar-refractivity contribution < 1.29 is 23.4 Å². The summed E-state index contributed by atoms with van der Waals surface area (Å²) in [5, 5.41) is 7.04. The van der Waals surface area contributed by atoms with Crippen molar-refractivity contribution in [3.05, 3.63) is 40.8 Å². The van der Waals surface area contributed by atoms with E-state index in [1.54, 1.807) is 6.07 Å². The molecule has 1 aliphatic carbocycles. The van der Waals surface area contributed by atoms with Crippen molar-refractivity contribution in [2.24, 2.45) is 0 Å². The van der Waals surface area contributed by atoms with Crippen molar-refractivity contribution in [3.8, 4) is 5.75 Å². The zero-order valence-corrected chi connectivity index (χ0v) is 21.4. The van der Waals surface area contributed by atoms with E-state index in [0.29, 0.717) is 53.1 Å². The van der Waals surface area contributed by atoms with Gasteiger partial charge in [-0.25, -0.2) is 14.4 Å². The first-order chi connectivity index (χ1) is 17.4. The fourth-order valence-corrected chi connectivity index (χ4v) is 5.71. The van der Waals surface area contributed by atoms with E-state index < -0.39 is 5.82 Å². The molecular formula is C25H30FN5O4S. The van der Waals surface area contributed by atoms with Crippen LogP contribution >= 0.6 is 11.3 Å². The lowest BCUT2D eigenvalue weighted by Gasteiger charge is -2.18. The summed E-state index contributed by atoms with van der Waals surface area (Å²) < 4.78 is 31.5. The number of nitrogens with one attached hydrogen (secondary N) is 2. The zero-order chi connectivity index (χ0) is 25.2. The minimum atomic E-state index is -0.394. The first-order valence-electron chi connectivity index (χ1n) is 12.0. The smallest absolute Gasteiger partial charge is 0.261 e. The van der Waals surface area contributed by atoms with E-state index in [-0.39, 0.29) is 24.2 Å². The average Bonchev–Trinajstić information content (AvgIpc) is 3.52. The standard InChI is InChI=1S/C25H30FN5O4S/c1-14-21-23(28-12-29-25(21)36-22(14)24(32)27-7-4-8-31(2)3)30-17-6-5-15(26)9-18(17)35-16-10-19-20(11-16)34-13-33-19/h5-6,9,12,16,19-20H,4,7-8,10-11,13H2,1-3H3,(H,27,32)(H,28,29,30)/t16?,19-,20+. The van der Waals surface area contributed by atoms with Crippen LogP contribution in [0.15, 0.2) is 24.5 Å². The normalized spacial score (nSPS) is 21.2. The van der Waals surface area contributed by atoms with Gasteiger partial charge < -0.3 is 29.7 Å². The third kappa shape index (κ3) is 5.29. The van der Waals surface area contributed by atoms with E-state index in [1.807, 2.05) is 21.0 Å². The fourth-order valence-electron chi connectivity index (χ4n) is 4.64. The Kier molecular flexibility index (Phi) is 7.33. The Morgan fingerprint density at radius 3 is 2.78 bits per heavy atom. The highest BCUT2D eigenvalue weighted by atomic mass is 32.1. The number of fused-ring (bicyclic) bond motifs is 2. The molecule has 1 amide bonds. The molecule has 5 rings (SSSR count). The lowest BCUT2D eigenvalue weighted by molar-refractivity contribution is 0.0123. The Morgan fingerprint density at radius 1 is 1.25 bits per heavy atom. The van der Waals surface area contributed by atoms with Crippen LogP contribution in [0.1, 0.15) is 34.5 Å². The number of carbonyl (C=O) groups excluding carboxylic acids is 1. The summed E-state index contributed by atoms with van der Waals surface area (Å²) in [4.78, 5) is 25.0. The first-order valence-corrected chi connectivity index (χ1v) is 12.8. The second kappa shape index (κ2) is 10.6. The Hall–Kier alpha value is -2.86. The summed E-state index contributed by atoms with van der Waals surface area (Å²) in [5.41, 5.74) is 1.38.